The number of fused-ring (bicyclic) bond motifs is 1. The van der Waals surface area contributed by atoms with Crippen LogP contribution in [0, 0.1) is 11.7 Å². The number of aliphatic hydroxyl groups excluding tert-OH is 1. The maximum absolute atomic E-state index is 13.0. The third-order valence-electron chi connectivity index (χ3n) is 4.73. The molecule has 0 radical (unpaired) electrons. The largest absolute Gasteiger partial charge is 0.387 e. The Morgan fingerprint density at radius 2 is 2.00 bits per heavy atom. The Kier molecular flexibility index (Phi) is 5.30. The third kappa shape index (κ3) is 3.46. The Morgan fingerprint density at radius 3 is 2.65 bits per heavy atom. The van der Waals surface area contributed by atoms with Crippen molar-refractivity contribution < 1.29 is 22.7 Å². The molecule has 2 atom stereocenters. The Hall–Kier alpha value is -1.61. The van der Waals surface area contributed by atoms with Crippen LogP contribution in [0.2, 0.25) is 0 Å². The van der Waals surface area contributed by atoms with Crippen molar-refractivity contribution in [3.63, 3.8) is 0 Å². The van der Waals surface area contributed by atoms with Gasteiger partial charge in [0.25, 0.3) is 0 Å². The van der Waals surface area contributed by atoms with Crippen LogP contribution in [0.15, 0.2) is 34.5 Å². The normalized spacial score (nSPS) is 18.8. The number of Topliss-reactive ketones (excluding diaryl/α,β-unsaturated/α-hetero) is 1. The zero-order chi connectivity index (χ0) is 19.1. The molecular formula is C18H20FNO4S2. The number of aliphatic hydroxyl groups is 1. The van der Waals surface area contributed by atoms with E-state index in [1.165, 1.54) is 48.0 Å². The molecule has 1 aromatic heterocycles. The summed E-state index contributed by atoms with van der Waals surface area (Å²) in [6, 6.07) is 5.28. The van der Waals surface area contributed by atoms with Gasteiger partial charge in [-0.1, -0.05) is 19.1 Å². The lowest BCUT2D eigenvalue weighted by atomic mass is 9.89. The molecule has 26 heavy (non-hydrogen) atoms. The number of hydrogen-bond donors (Lipinski definition) is 1. The van der Waals surface area contributed by atoms with Gasteiger partial charge < -0.3 is 5.11 Å². The molecule has 1 heterocycles. The van der Waals surface area contributed by atoms with Gasteiger partial charge in [0.15, 0.2) is 5.78 Å². The summed E-state index contributed by atoms with van der Waals surface area (Å²) in [5.41, 5.74) is 1.02. The molecule has 1 aliphatic rings. The van der Waals surface area contributed by atoms with Crippen LogP contribution in [0.25, 0.3) is 0 Å². The number of benzene rings is 1. The monoisotopic (exact) mass is 397 g/mol. The number of hydrogen-bond acceptors (Lipinski definition) is 5. The van der Waals surface area contributed by atoms with Gasteiger partial charge in [-0.2, -0.15) is 4.31 Å². The Bertz CT molecular complexity index is 921. The molecule has 2 aromatic rings. The van der Waals surface area contributed by atoms with Gasteiger partial charge in [0, 0.05) is 24.9 Å². The second kappa shape index (κ2) is 7.19. The highest BCUT2D eigenvalue weighted by Crippen LogP contribution is 2.36. The first kappa shape index (κ1) is 19.2. The van der Waals surface area contributed by atoms with E-state index in [-0.39, 0.29) is 23.1 Å². The zero-order valence-corrected chi connectivity index (χ0v) is 16.1. The molecule has 0 aliphatic heterocycles. The second-order valence-corrected chi connectivity index (χ2v) is 9.46. The second-order valence-electron chi connectivity index (χ2n) is 6.56. The summed E-state index contributed by atoms with van der Waals surface area (Å²) in [5, 5.41) is 11.8. The Balaban J connectivity index is 1.83. The molecule has 8 heteroatoms. The topological polar surface area (TPSA) is 74.7 Å². The smallest absolute Gasteiger partial charge is 0.244 e. The van der Waals surface area contributed by atoms with Gasteiger partial charge in [-0.3, -0.25) is 4.79 Å². The highest BCUT2D eigenvalue weighted by molar-refractivity contribution is 7.89. The molecule has 0 saturated heterocycles. The fourth-order valence-corrected chi connectivity index (χ4v) is 5.97. The zero-order valence-electron chi connectivity index (χ0n) is 14.5. The van der Waals surface area contributed by atoms with Crippen LogP contribution >= 0.6 is 11.3 Å². The average molecular weight is 397 g/mol. The van der Waals surface area contributed by atoms with Crippen LogP contribution in [0.1, 0.15) is 40.2 Å². The molecule has 0 amide bonds. The van der Waals surface area contributed by atoms with Gasteiger partial charge in [-0.25, -0.2) is 12.8 Å². The Labute approximate surface area is 156 Å². The number of thiophene rings is 1. The van der Waals surface area contributed by atoms with E-state index in [1.807, 2.05) is 6.92 Å². The van der Waals surface area contributed by atoms with Crippen molar-refractivity contribution in [2.24, 2.45) is 5.92 Å². The first-order valence-corrected chi connectivity index (χ1v) is 10.6. The van der Waals surface area contributed by atoms with Crippen LogP contribution < -0.4 is 0 Å². The molecule has 2 unspecified atom stereocenters. The highest BCUT2D eigenvalue weighted by atomic mass is 32.2. The van der Waals surface area contributed by atoms with Gasteiger partial charge in [0.05, 0.1) is 15.9 Å². The van der Waals surface area contributed by atoms with Crippen molar-refractivity contribution in [3.05, 3.63) is 51.5 Å². The lowest BCUT2D eigenvalue weighted by Crippen LogP contribution is -2.32. The molecule has 5 nitrogen and oxygen atoms in total. The average Bonchev–Trinajstić information content (AvgIpc) is 3.04. The SMILES string of the molecule is CC1CCc2c(S(=O)(=O)N(C)CC(O)c3ccc(F)cc3)csc2C1=O. The van der Waals surface area contributed by atoms with E-state index in [1.54, 1.807) is 0 Å². The molecule has 1 aliphatic carbocycles. The summed E-state index contributed by atoms with van der Waals surface area (Å²) in [7, 11) is -2.44. The lowest BCUT2D eigenvalue weighted by Gasteiger charge is -2.23. The van der Waals surface area contributed by atoms with Crippen LogP contribution in [0.4, 0.5) is 4.39 Å². The first-order chi connectivity index (χ1) is 12.2. The molecule has 3 rings (SSSR count). The number of carbonyl (C=O) groups excluding carboxylic acids is 1. The van der Waals surface area contributed by atoms with Crippen LogP contribution in [0.3, 0.4) is 0 Å². The Morgan fingerprint density at radius 1 is 1.35 bits per heavy atom. The molecular weight excluding hydrogens is 377 g/mol. The van der Waals surface area contributed by atoms with Gasteiger partial charge in [-0.05, 0) is 36.1 Å². The minimum absolute atomic E-state index is 0.00769. The summed E-state index contributed by atoms with van der Waals surface area (Å²) < 4.78 is 39.9. The van der Waals surface area contributed by atoms with Gasteiger partial charge in [-0.15, -0.1) is 11.3 Å². The number of carbonyl (C=O) groups is 1. The predicted molar refractivity (Wildman–Crippen MR) is 97.3 cm³/mol. The van der Waals surface area contributed by atoms with E-state index in [0.29, 0.717) is 28.8 Å². The summed E-state index contributed by atoms with van der Waals surface area (Å²) >= 11 is 1.17. The van der Waals surface area contributed by atoms with E-state index in [9.17, 15) is 22.7 Å². The van der Waals surface area contributed by atoms with Crippen molar-refractivity contribution in [2.75, 3.05) is 13.6 Å². The maximum atomic E-state index is 13.0. The van der Waals surface area contributed by atoms with E-state index in [4.69, 9.17) is 0 Å². The number of ketones is 1. The first-order valence-electron chi connectivity index (χ1n) is 8.26. The number of rotatable bonds is 5. The fraction of sp³-hybridized carbons (Fsp3) is 0.389. The quantitative estimate of drug-likeness (QED) is 0.842. The van der Waals surface area contributed by atoms with Gasteiger partial charge in [0.1, 0.15) is 5.82 Å². The van der Waals surface area contributed by atoms with E-state index < -0.39 is 21.9 Å². The van der Waals surface area contributed by atoms with Crippen LogP contribution in [-0.2, 0) is 16.4 Å². The van der Waals surface area contributed by atoms with E-state index in [0.717, 1.165) is 4.31 Å². The summed E-state index contributed by atoms with van der Waals surface area (Å²) in [6.07, 6.45) is 0.105. The number of likely N-dealkylation sites (N-methyl/N-ethyl adjacent to an activating group) is 1. The maximum Gasteiger partial charge on any atom is 0.244 e. The van der Waals surface area contributed by atoms with Crippen molar-refractivity contribution in [3.8, 4) is 0 Å². The van der Waals surface area contributed by atoms with Crippen LogP contribution in [0.5, 0.6) is 0 Å². The number of sulfonamides is 1. The van der Waals surface area contributed by atoms with Crippen molar-refractivity contribution >= 4 is 27.1 Å². The van der Waals surface area contributed by atoms with E-state index in [2.05, 4.69) is 0 Å². The van der Waals surface area contributed by atoms with Crippen molar-refractivity contribution in [1.82, 2.24) is 4.31 Å². The standard InChI is InChI=1S/C18H20FNO4S2/c1-11-3-8-14-16(10-25-18(14)17(11)22)26(23,24)20(2)9-15(21)12-4-6-13(19)7-5-12/h4-7,10-11,15,21H,3,8-9H2,1-2H3. The van der Waals surface area contributed by atoms with Gasteiger partial charge >= 0.3 is 0 Å². The van der Waals surface area contributed by atoms with Crippen LogP contribution in [-0.4, -0.2) is 37.2 Å². The minimum atomic E-state index is -3.83. The molecule has 1 aromatic carbocycles. The summed E-state index contributed by atoms with van der Waals surface area (Å²) in [6.45, 7) is 1.69. The predicted octanol–water partition coefficient (Wildman–Crippen LogP) is 3.01. The number of nitrogens with zero attached hydrogens (tertiary/aromatic N) is 1. The molecule has 0 saturated carbocycles. The summed E-state index contributed by atoms with van der Waals surface area (Å²) in [4.78, 5) is 12.9. The molecule has 0 spiro atoms. The molecule has 140 valence electrons. The lowest BCUT2D eigenvalue weighted by molar-refractivity contribution is 0.0918. The third-order valence-corrected chi connectivity index (χ3v) is 7.80. The minimum Gasteiger partial charge on any atom is -0.387 e. The fourth-order valence-electron chi connectivity index (χ4n) is 3.04. The highest BCUT2D eigenvalue weighted by Gasteiger charge is 2.34. The summed E-state index contributed by atoms with van der Waals surface area (Å²) in [5.74, 6) is -0.521. The molecule has 0 fully saturated rings. The molecule has 1 N–H and O–H groups in total. The molecule has 0 bridgehead atoms. The van der Waals surface area contributed by atoms with E-state index >= 15 is 0 Å². The van der Waals surface area contributed by atoms with Crippen molar-refractivity contribution in [2.45, 2.75) is 30.8 Å². The number of halogens is 1. The van der Waals surface area contributed by atoms with Crippen molar-refractivity contribution in [1.29, 1.82) is 0 Å². The van der Waals surface area contributed by atoms with Gasteiger partial charge in [0.2, 0.25) is 10.0 Å².